The summed E-state index contributed by atoms with van der Waals surface area (Å²) in [5, 5.41) is 14.8. The van der Waals surface area contributed by atoms with Gasteiger partial charge in [0, 0.05) is 11.4 Å². The summed E-state index contributed by atoms with van der Waals surface area (Å²) in [6.07, 6.45) is 2.94. The summed E-state index contributed by atoms with van der Waals surface area (Å²) in [7, 11) is 0. The van der Waals surface area contributed by atoms with Gasteiger partial charge in [0.15, 0.2) is 0 Å². The molecule has 0 saturated heterocycles. The number of rotatable bonds is 5. The van der Waals surface area contributed by atoms with Crippen molar-refractivity contribution in [2.24, 2.45) is 5.92 Å². The second kappa shape index (κ2) is 7.63. The Morgan fingerprint density at radius 3 is 2.67 bits per heavy atom. The molecule has 1 aliphatic carbocycles. The van der Waals surface area contributed by atoms with Gasteiger partial charge in [0.25, 0.3) is 0 Å². The molecule has 5 nitrogen and oxygen atoms in total. The lowest BCUT2D eigenvalue weighted by molar-refractivity contribution is -0.142. The van der Waals surface area contributed by atoms with Gasteiger partial charge in [0.1, 0.15) is 5.01 Å². The first-order valence-corrected chi connectivity index (χ1v) is 9.81. The first-order chi connectivity index (χ1) is 11.5. The molecule has 128 valence electrons. The lowest BCUT2D eigenvalue weighted by Crippen LogP contribution is -2.39. The summed E-state index contributed by atoms with van der Waals surface area (Å²) in [6, 6.07) is 3.83. The number of hydrogen-bond acceptors (Lipinski definition) is 5. The first-order valence-electron chi connectivity index (χ1n) is 7.73. The number of amides is 1. The molecule has 0 radical (unpaired) electrons. The minimum absolute atomic E-state index is 0.0603. The Morgan fingerprint density at radius 2 is 2.04 bits per heavy atom. The maximum absolute atomic E-state index is 12.2. The van der Waals surface area contributed by atoms with Gasteiger partial charge < -0.3 is 10.4 Å². The summed E-state index contributed by atoms with van der Waals surface area (Å²) in [5.74, 6) is -1.06. The molecule has 24 heavy (non-hydrogen) atoms. The summed E-state index contributed by atoms with van der Waals surface area (Å²) in [5.41, 5.74) is 0.747. The molecule has 8 heteroatoms. The molecule has 0 aliphatic heterocycles. The van der Waals surface area contributed by atoms with E-state index in [1.807, 2.05) is 17.5 Å². The van der Waals surface area contributed by atoms with Crippen LogP contribution < -0.4 is 5.32 Å². The Hall–Kier alpha value is -1.44. The second-order valence-electron chi connectivity index (χ2n) is 5.88. The van der Waals surface area contributed by atoms with Crippen LogP contribution in [0.25, 0.3) is 9.88 Å². The molecule has 0 bridgehead atoms. The van der Waals surface area contributed by atoms with Crippen molar-refractivity contribution in [3.8, 4) is 9.88 Å². The number of aromatic nitrogens is 1. The van der Waals surface area contributed by atoms with Crippen LogP contribution in [0.4, 0.5) is 0 Å². The topological polar surface area (TPSA) is 79.3 Å². The van der Waals surface area contributed by atoms with Crippen LogP contribution in [0.15, 0.2) is 17.5 Å². The maximum atomic E-state index is 12.2. The van der Waals surface area contributed by atoms with E-state index in [0.717, 1.165) is 32.8 Å². The maximum Gasteiger partial charge on any atom is 0.306 e. The van der Waals surface area contributed by atoms with Crippen LogP contribution in [-0.2, 0) is 16.0 Å². The molecule has 1 fully saturated rings. The molecule has 2 aromatic rings. The fraction of sp³-hybridized carbons (Fsp3) is 0.438. The van der Waals surface area contributed by atoms with Crippen molar-refractivity contribution >= 4 is 46.2 Å². The Labute approximate surface area is 152 Å². The largest absolute Gasteiger partial charge is 0.481 e. The van der Waals surface area contributed by atoms with E-state index in [9.17, 15) is 9.59 Å². The van der Waals surface area contributed by atoms with Crippen molar-refractivity contribution in [1.29, 1.82) is 0 Å². The number of carboxylic acids is 1. The average molecular weight is 385 g/mol. The third kappa shape index (κ3) is 4.34. The highest BCUT2D eigenvalue weighted by Gasteiger charge is 2.26. The molecule has 1 aliphatic rings. The molecule has 0 aromatic carbocycles. The SMILES string of the molecule is O=C(Cc1csc(-c2ccc(Cl)s2)n1)NC1CCC(C(=O)O)CC1. The highest BCUT2D eigenvalue weighted by atomic mass is 35.5. The van der Waals surface area contributed by atoms with Crippen molar-refractivity contribution in [3.63, 3.8) is 0 Å². The monoisotopic (exact) mass is 384 g/mol. The number of aliphatic carboxylic acids is 1. The Balaban J connectivity index is 1.51. The van der Waals surface area contributed by atoms with Crippen LogP contribution in [0.2, 0.25) is 4.34 Å². The smallest absolute Gasteiger partial charge is 0.306 e. The number of carboxylic acid groups (broad SMARTS) is 1. The molecule has 0 atom stereocenters. The zero-order chi connectivity index (χ0) is 17.1. The number of nitrogens with zero attached hydrogens (tertiary/aromatic N) is 1. The zero-order valence-corrected chi connectivity index (χ0v) is 15.2. The third-order valence-corrected chi connectivity index (χ3v) is 6.41. The van der Waals surface area contributed by atoms with Crippen LogP contribution in [0.5, 0.6) is 0 Å². The fourth-order valence-electron chi connectivity index (χ4n) is 2.86. The van der Waals surface area contributed by atoms with E-state index in [0.29, 0.717) is 12.8 Å². The predicted molar refractivity (Wildman–Crippen MR) is 95.7 cm³/mol. The van der Waals surface area contributed by atoms with E-state index in [2.05, 4.69) is 10.3 Å². The van der Waals surface area contributed by atoms with E-state index < -0.39 is 5.97 Å². The van der Waals surface area contributed by atoms with E-state index in [1.54, 1.807) is 0 Å². The van der Waals surface area contributed by atoms with Crippen molar-refractivity contribution in [2.45, 2.75) is 38.1 Å². The van der Waals surface area contributed by atoms with Crippen molar-refractivity contribution in [1.82, 2.24) is 10.3 Å². The Bertz CT molecular complexity index is 735. The van der Waals surface area contributed by atoms with E-state index in [1.165, 1.54) is 22.7 Å². The average Bonchev–Trinajstić information content (AvgIpc) is 3.16. The second-order valence-corrected chi connectivity index (χ2v) is 8.45. The van der Waals surface area contributed by atoms with Gasteiger partial charge in [-0.15, -0.1) is 22.7 Å². The van der Waals surface area contributed by atoms with Crippen LogP contribution in [-0.4, -0.2) is 28.0 Å². The van der Waals surface area contributed by atoms with Crippen LogP contribution in [0.3, 0.4) is 0 Å². The molecule has 2 aromatic heterocycles. The standard InChI is InChI=1S/C16H17ClN2O3S2/c17-13-6-5-12(24-13)15-19-11(8-23-15)7-14(20)18-10-3-1-9(2-4-10)16(21)22/h5-6,8-10H,1-4,7H2,(H,18,20)(H,21,22). The molecular formula is C16H17ClN2O3S2. The van der Waals surface area contributed by atoms with Crippen molar-refractivity contribution < 1.29 is 14.7 Å². The predicted octanol–water partition coefficient (Wildman–Crippen LogP) is 3.83. The molecule has 0 spiro atoms. The number of thiophene rings is 1. The molecule has 1 saturated carbocycles. The number of halogens is 1. The van der Waals surface area contributed by atoms with Gasteiger partial charge >= 0.3 is 5.97 Å². The highest BCUT2D eigenvalue weighted by molar-refractivity contribution is 7.23. The van der Waals surface area contributed by atoms with Gasteiger partial charge in [0.2, 0.25) is 5.91 Å². The van der Waals surface area contributed by atoms with Gasteiger partial charge in [-0.25, -0.2) is 4.98 Å². The van der Waals surface area contributed by atoms with Gasteiger partial charge in [-0.1, -0.05) is 11.6 Å². The quantitative estimate of drug-likeness (QED) is 0.821. The van der Waals surface area contributed by atoms with Crippen molar-refractivity contribution in [3.05, 3.63) is 27.5 Å². The zero-order valence-electron chi connectivity index (χ0n) is 12.8. The van der Waals surface area contributed by atoms with E-state index in [-0.39, 0.29) is 24.3 Å². The molecule has 1 amide bonds. The van der Waals surface area contributed by atoms with Crippen LogP contribution in [0, 0.1) is 5.92 Å². The van der Waals surface area contributed by atoms with Gasteiger partial charge in [-0.3, -0.25) is 9.59 Å². The summed E-state index contributed by atoms with van der Waals surface area (Å²) >= 11 is 8.91. The number of thiazole rings is 1. The normalized spacial score (nSPS) is 20.7. The Kier molecular flexibility index (Phi) is 5.53. The number of carbonyl (C=O) groups excluding carboxylic acids is 1. The van der Waals surface area contributed by atoms with Gasteiger partial charge in [-0.2, -0.15) is 0 Å². The Morgan fingerprint density at radius 1 is 1.29 bits per heavy atom. The van der Waals surface area contributed by atoms with Crippen LogP contribution >= 0.6 is 34.3 Å². The lowest BCUT2D eigenvalue weighted by atomic mass is 9.86. The molecular weight excluding hydrogens is 368 g/mol. The minimum Gasteiger partial charge on any atom is -0.481 e. The van der Waals surface area contributed by atoms with Crippen LogP contribution in [0.1, 0.15) is 31.4 Å². The molecule has 3 rings (SSSR count). The lowest BCUT2D eigenvalue weighted by Gasteiger charge is -2.26. The highest BCUT2D eigenvalue weighted by Crippen LogP contribution is 2.33. The summed E-state index contributed by atoms with van der Waals surface area (Å²) in [6.45, 7) is 0. The summed E-state index contributed by atoms with van der Waals surface area (Å²) in [4.78, 5) is 28.6. The number of nitrogens with one attached hydrogen (secondary N) is 1. The van der Waals surface area contributed by atoms with E-state index in [4.69, 9.17) is 16.7 Å². The van der Waals surface area contributed by atoms with E-state index >= 15 is 0 Å². The molecule has 0 unspecified atom stereocenters. The first kappa shape index (κ1) is 17.4. The minimum atomic E-state index is -0.733. The third-order valence-electron chi connectivity index (χ3n) is 4.12. The molecule has 2 N–H and O–H groups in total. The summed E-state index contributed by atoms with van der Waals surface area (Å²) < 4.78 is 0.719. The van der Waals surface area contributed by atoms with Crippen molar-refractivity contribution in [2.75, 3.05) is 0 Å². The fourth-order valence-corrected chi connectivity index (χ4v) is 4.79. The number of carbonyl (C=O) groups is 2. The number of hydrogen-bond donors (Lipinski definition) is 2. The van der Waals surface area contributed by atoms with Gasteiger partial charge in [-0.05, 0) is 37.8 Å². The molecule has 2 heterocycles. The van der Waals surface area contributed by atoms with Gasteiger partial charge in [0.05, 0.1) is 27.2 Å².